The number of ether oxygens (including phenoxy) is 2. The van der Waals surface area contributed by atoms with Crippen molar-refractivity contribution >= 4 is 35.6 Å². The Hall–Kier alpha value is -3.00. The van der Waals surface area contributed by atoms with Crippen molar-refractivity contribution in [1.82, 2.24) is 14.9 Å². The van der Waals surface area contributed by atoms with Gasteiger partial charge in [0.05, 0.1) is 24.6 Å². The minimum absolute atomic E-state index is 0.174. The molecule has 208 valence electrons. The first kappa shape index (κ1) is 27.6. The number of halogens is 1. The van der Waals surface area contributed by atoms with Crippen molar-refractivity contribution in [2.24, 2.45) is 0 Å². The Morgan fingerprint density at radius 3 is 2.69 bits per heavy atom. The number of rotatable bonds is 9. The lowest BCUT2D eigenvalue weighted by atomic mass is 9.85. The van der Waals surface area contributed by atoms with Gasteiger partial charge in [-0.2, -0.15) is 4.98 Å². The summed E-state index contributed by atoms with van der Waals surface area (Å²) in [5.41, 5.74) is 3.85. The minimum Gasteiger partial charge on any atom is -0.491 e. The third-order valence-corrected chi connectivity index (χ3v) is 9.08. The van der Waals surface area contributed by atoms with Crippen molar-refractivity contribution in [3.8, 4) is 5.75 Å². The molecule has 0 aliphatic carbocycles. The van der Waals surface area contributed by atoms with Crippen LogP contribution in [0.5, 0.6) is 5.75 Å². The fourth-order valence-electron chi connectivity index (χ4n) is 5.49. The van der Waals surface area contributed by atoms with Crippen molar-refractivity contribution < 1.29 is 18.4 Å². The molecule has 0 spiro atoms. The lowest BCUT2D eigenvalue weighted by molar-refractivity contribution is 0.129. The molecule has 0 radical (unpaired) electrons. The second-order valence-electron chi connectivity index (χ2n) is 10.7. The summed E-state index contributed by atoms with van der Waals surface area (Å²) in [6, 6.07) is 9.05. The van der Waals surface area contributed by atoms with Gasteiger partial charge in [0.15, 0.2) is 0 Å². The van der Waals surface area contributed by atoms with E-state index in [9.17, 15) is 4.57 Å². The highest BCUT2D eigenvalue weighted by atomic mass is 31.2. The van der Waals surface area contributed by atoms with Gasteiger partial charge in [0.1, 0.15) is 24.5 Å². The fourth-order valence-corrected chi connectivity index (χ4v) is 6.65. The van der Waals surface area contributed by atoms with E-state index in [0.717, 1.165) is 60.2 Å². The maximum Gasteiger partial charge on any atom is 0.229 e. The molecule has 1 aromatic heterocycles. The zero-order valence-corrected chi connectivity index (χ0v) is 24.0. The molecule has 3 heterocycles. The molecular weight excluding hydrogens is 516 g/mol. The molecule has 0 amide bonds. The van der Waals surface area contributed by atoms with Crippen LogP contribution in [0.4, 0.5) is 27.5 Å². The van der Waals surface area contributed by atoms with Crippen LogP contribution in [0, 0.1) is 12.7 Å². The van der Waals surface area contributed by atoms with Crippen LogP contribution in [0.2, 0.25) is 0 Å². The number of methoxy groups -OCH3 is 1. The van der Waals surface area contributed by atoms with E-state index < -0.39 is 7.14 Å². The summed E-state index contributed by atoms with van der Waals surface area (Å²) in [6.45, 7) is 9.42. The van der Waals surface area contributed by atoms with Crippen LogP contribution >= 0.6 is 7.14 Å². The summed E-state index contributed by atoms with van der Waals surface area (Å²) in [7, 11) is -0.785. The maximum absolute atomic E-state index is 15.7. The van der Waals surface area contributed by atoms with E-state index in [4.69, 9.17) is 9.47 Å². The zero-order chi connectivity index (χ0) is 27.6. The molecule has 0 bridgehead atoms. The molecule has 0 saturated carbocycles. The third-order valence-electron chi connectivity index (χ3n) is 7.53. The van der Waals surface area contributed by atoms with Gasteiger partial charge in [0.2, 0.25) is 5.95 Å². The number of nitrogens with one attached hydrogen (secondary N) is 2. The molecule has 1 fully saturated rings. The number of nitrogens with zero attached hydrogens (tertiary/aromatic N) is 3. The van der Waals surface area contributed by atoms with E-state index >= 15 is 4.39 Å². The van der Waals surface area contributed by atoms with Crippen LogP contribution < -0.4 is 20.7 Å². The molecule has 2 aliphatic rings. The highest BCUT2D eigenvalue weighted by Gasteiger charge is 2.31. The molecule has 0 atom stereocenters. The second-order valence-corrected chi connectivity index (χ2v) is 13.9. The van der Waals surface area contributed by atoms with Gasteiger partial charge in [-0.05, 0) is 69.8 Å². The van der Waals surface area contributed by atoms with E-state index in [0.29, 0.717) is 42.8 Å². The van der Waals surface area contributed by atoms with Gasteiger partial charge in [-0.25, -0.2) is 9.37 Å². The van der Waals surface area contributed by atoms with Crippen LogP contribution in [-0.2, 0) is 15.7 Å². The molecule has 3 aromatic rings. The Morgan fingerprint density at radius 2 is 1.95 bits per heavy atom. The number of likely N-dealkylation sites (tertiary alicyclic amines) is 1. The second kappa shape index (κ2) is 11.6. The number of hydrogen-bond acceptors (Lipinski definition) is 8. The third kappa shape index (κ3) is 6.11. The summed E-state index contributed by atoms with van der Waals surface area (Å²) in [6.07, 6.45) is 4.23. The Kier molecular flexibility index (Phi) is 8.21. The number of aromatic nitrogens is 2. The van der Waals surface area contributed by atoms with E-state index in [1.165, 1.54) is 6.07 Å². The Balaban J connectivity index is 1.38. The number of piperidine rings is 1. The largest absolute Gasteiger partial charge is 0.491 e. The number of aryl methyl sites for hydroxylation is 1. The highest BCUT2D eigenvalue weighted by Crippen LogP contribution is 2.44. The molecule has 2 N–H and O–H groups in total. The molecular formula is C29H37FN5O3P. The van der Waals surface area contributed by atoms with Gasteiger partial charge in [0.25, 0.3) is 0 Å². The SMILES string of the molecule is COCCN1CCC(c2c(F)cc(Nc3ncc(C)c(Nc4ccccc4P(C)(C)=O)n3)c3c2CCO3)CC1. The van der Waals surface area contributed by atoms with E-state index in [1.54, 1.807) is 26.6 Å². The number of hydrogen-bond donors (Lipinski definition) is 2. The molecule has 5 rings (SSSR count). The predicted molar refractivity (Wildman–Crippen MR) is 155 cm³/mol. The molecule has 8 nitrogen and oxygen atoms in total. The lowest BCUT2D eigenvalue weighted by Gasteiger charge is -2.33. The average Bonchev–Trinajstić information content (AvgIpc) is 3.40. The standard InChI is InChI=1S/C29H37FN5O3P/c1-19-18-31-29(34-28(19)32-23-7-5-6-8-25(23)39(3,4)36)33-24-17-22(30)26(21-11-15-38-27(21)24)20-9-12-35(13-10-20)14-16-37-2/h5-8,17-18,20H,9-16H2,1-4H3,(H2,31,32,33,34). The van der Waals surface area contributed by atoms with Crippen LogP contribution in [-0.4, -0.2) is 68.2 Å². The van der Waals surface area contributed by atoms with Crippen LogP contribution in [0.15, 0.2) is 36.5 Å². The van der Waals surface area contributed by atoms with Crippen LogP contribution in [0.25, 0.3) is 0 Å². The van der Waals surface area contributed by atoms with Crippen molar-refractivity contribution in [3.05, 3.63) is 59.0 Å². The quantitative estimate of drug-likeness (QED) is 0.340. The number of fused-ring (bicyclic) bond motifs is 1. The van der Waals surface area contributed by atoms with Gasteiger partial charge < -0.3 is 29.6 Å². The Labute approximate surface area is 229 Å². The van der Waals surface area contributed by atoms with E-state index in [1.807, 2.05) is 31.2 Å². The molecule has 2 aromatic carbocycles. The Bertz CT molecular complexity index is 1390. The smallest absolute Gasteiger partial charge is 0.229 e. The normalized spacial score (nSPS) is 16.1. The van der Waals surface area contributed by atoms with Crippen LogP contribution in [0.3, 0.4) is 0 Å². The van der Waals surface area contributed by atoms with E-state index in [2.05, 4.69) is 25.5 Å². The van der Waals surface area contributed by atoms with Crippen molar-refractivity contribution in [3.63, 3.8) is 0 Å². The summed E-state index contributed by atoms with van der Waals surface area (Å²) in [5.74, 6) is 1.57. The predicted octanol–water partition coefficient (Wildman–Crippen LogP) is 5.42. The minimum atomic E-state index is -2.50. The monoisotopic (exact) mass is 553 g/mol. The number of benzene rings is 2. The van der Waals surface area contributed by atoms with E-state index in [-0.39, 0.29) is 11.7 Å². The zero-order valence-electron chi connectivity index (χ0n) is 23.1. The van der Waals surface area contributed by atoms with Gasteiger partial charge >= 0.3 is 0 Å². The molecule has 2 aliphatic heterocycles. The first-order valence-electron chi connectivity index (χ1n) is 13.5. The first-order chi connectivity index (χ1) is 18.7. The van der Waals surface area contributed by atoms with Crippen molar-refractivity contribution in [1.29, 1.82) is 0 Å². The summed E-state index contributed by atoms with van der Waals surface area (Å²) in [5, 5.41) is 7.28. The fraction of sp³-hybridized carbons (Fsp3) is 0.448. The van der Waals surface area contributed by atoms with Gasteiger partial charge in [-0.3, -0.25) is 0 Å². The summed E-state index contributed by atoms with van der Waals surface area (Å²) >= 11 is 0. The lowest BCUT2D eigenvalue weighted by Crippen LogP contribution is -2.35. The maximum atomic E-state index is 15.7. The van der Waals surface area contributed by atoms with Crippen LogP contribution in [0.1, 0.15) is 35.4 Å². The Morgan fingerprint density at radius 1 is 1.18 bits per heavy atom. The van der Waals surface area contributed by atoms with Gasteiger partial charge in [-0.15, -0.1) is 0 Å². The number of anilines is 4. The van der Waals surface area contributed by atoms with Crippen molar-refractivity contribution in [2.45, 2.75) is 32.1 Å². The molecule has 39 heavy (non-hydrogen) atoms. The highest BCUT2D eigenvalue weighted by molar-refractivity contribution is 7.70. The molecule has 10 heteroatoms. The first-order valence-corrected chi connectivity index (χ1v) is 16.1. The summed E-state index contributed by atoms with van der Waals surface area (Å²) in [4.78, 5) is 11.5. The average molecular weight is 554 g/mol. The molecule has 1 saturated heterocycles. The molecule has 0 unspecified atom stereocenters. The number of para-hydroxylation sites is 1. The van der Waals surface area contributed by atoms with Gasteiger partial charge in [-0.1, -0.05) is 12.1 Å². The van der Waals surface area contributed by atoms with Crippen molar-refractivity contribution in [2.75, 3.05) is 63.9 Å². The summed E-state index contributed by atoms with van der Waals surface area (Å²) < 4.78 is 39.7. The van der Waals surface area contributed by atoms with Gasteiger partial charge in [0, 0.05) is 48.8 Å². The topological polar surface area (TPSA) is 88.6 Å².